The predicted molar refractivity (Wildman–Crippen MR) is 68.3 cm³/mol. The van der Waals surface area contributed by atoms with E-state index in [0.717, 1.165) is 10.0 Å². The van der Waals surface area contributed by atoms with Crippen molar-refractivity contribution in [3.8, 4) is 0 Å². The maximum atomic E-state index is 11.6. The minimum Gasteiger partial charge on any atom is -0.369 e. The molecule has 0 heterocycles. The highest BCUT2D eigenvalue weighted by molar-refractivity contribution is 9.10. The number of ether oxygens (including phenoxy) is 1. The second-order valence-corrected chi connectivity index (χ2v) is 5.71. The van der Waals surface area contributed by atoms with Gasteiger partial charge in [0.2, 0.25) is 0 Å². The summed E-state index contributed by atoms with van der Waals surface area (Å²) in [4.78, 5) is 11.6. The molecule has 1 aromatic carbocycles. The standard InChI is InChI=1S/C13H17BrO2/c1-13(2,3)12(15)9-16-8-10-4-6-11(14)7-5-10/h4-7H,8-9H2,1-3H3. The highest BCUT2D eigenvalue weighted by atomic mass is 79.9. The SMILES string of the molecule is CC(C)(C)C(=O)COCc1ccc(Br)cc1. The number of rotatable bonds is 4. The lowest BCUT2D eigenvalue weighted by Gasteiger charge is -2.16. The molecule has 0 aliphatic carbocycles. The molecule has 0 saturated carbocycles. The van der Waals surface area contributed by atoms with E-state index in [1.807, 2.05) is 45.0 Å². The second kappa shape index (κ2) is 5.60. The van der Waals surface area contributed by atoms with Crippen LogP contribution in [0, 0.1) is 5.41 Å². The molecule has 0 aliphatic rings. The highest BCUT2D eigenvalue weighted by Gasteiger charge is 2.20. The Morgan fingerprint density at radius 2 is 1.81 bits per heavy atom. The molecule has 16 heavy (non-hydrogen) atoms. The zero-order valence-electron chi connectivity index (χ0n) is 9.92. The van der Waals surface area contributed by atoms with Crippen LogP contribution in [0.4, 0.5) is 0 Å². The Bertz CT molecular complexity index is 349. The maximum absolute atomic E-state index is 11.6. The van der Waals surface area contributed by atoms with Crippen molar-refractivity contribution < 1.29 is 9.53 Å². The van der Waals surface area contributed by atoms with Crippen LogP contribution in [-0.4, -0.2) is 12.4 Å². The van der Waals surface area contributed by atoms with E-state index in [1.54, 1.807) is 0 Å². The first-order valence-electron chi connectivity index (χ1n) is 5.25. The van der Waals surface area contributed by atoms with Gasteiger partial charge < -0.3 is 4.74 Å². The third-order valence-corrected chi connectivity index (χ3v) is 2.78. The lowest BCUT2D eigenvalue weighted by atomic mass is 9.91. The van der Waals surface area contributed by atoms with Crippen LogP contribution in [-0.2, 0) is 16.1 Å². The normalized spacial score (nSPS) is 11.5. The number of carbonyl (C=O) groups is 1. The van der Waals surface area contributed by atoms with Crippen LogP contribution in [0.1, 0.15) is 26.3 Å². The van der Waals surface area contributed by atoms with Gasteiger partial charge in [0.15, 0.2) is 5.78 Å². The molecule has 0 aliphatic heterocycles. The van der Waals surface area contributed by atoms with E-state index in [1.165, 1.54) is 0 Å². The topological polar surface area (TPSA) is 26.3 Å². The summed E-state index contributed by atoms with van der Waals surface area (Å²) >= 11 is 3.37. The Balaban J connectivity index is 2.36. The molecule has 0 bridgehead atoms. The van der Waals surface area contributed by atoms with Gasteiger partial charge in [-0.25, -0.2) is 0 Å². The molecule has 0 N–H and O–H groups in total. The fourth-order valence-electron chi connectivity index (χ4n) is 1.06. The van der Waals surface area contributed by atoms with Crippen LogP contribution in [0.25, 0.3) is 0 Å². The Hall–Kier alpha value is -0.670. The van der Waals surface area contributed by atoms with Crippen molar-refractivity contribution in [1.82, 2.24) is 0 Å². The van der Waals surface area contributed by atoms with Gasteiger partial charge in [0.25, 0.3) is 0 Å². The van der Waals surface area contributed by atoms with E-state index in [-0.39, 0.29) is 17.8 Å². The molecule has 88 valence electrons. The van der Waals surface area contributed by atoms with Crippen molar-refractivity contribution in [2.45, 2.75) is 27.4 Å². The lowest BCUT2D eigenvalue weighted by Crippen LogP contribution is -2.24. The minimum atomic E-state index is -0.320. The largest absolute Gasteiger partial charge is 0.369 e. The van der Waals surface area contributed by atoms with Crippen LogP contribution in [0.2, 0.25) is 0 Å². The Morgan fingerprint density at radius 1 is 1.25 bits per heavy atom. The van der Waals surface area contributed by atoms with Gasteiger partial charge in [0, 0.05) is 9.89 Å². The van der Waals surface area contributed by atoms with Gasteiger partial charge in [-0.15, -0.1) is 0 Å². The van der Waals surface area contributed by atoms with Crippen molar-refractivity contribution in [1.29, 1.82) is 0 Å². The summed E-state index contributed by atoms with van der Waals surface area (Å²) in [7, 11) is 0. The van der Waals surface area contributed by atoms with Gasteiger partial charge in [-0.2, -0.15) is 0 Å². The van der Waals surface area contributed by atoms with Crippen LogP contribution in [0.3, 0.4) is 0 Å². The third-order valence-electron chi connectivity index (χ3n) is 2.25. The number of hydrogen-bond acceptors (Lipinski definition) is 2. The summed E-state index contributed by atoms with van der Waals surface area (Å²) in [5.41, 5.74) is 0.754. The van der Waals surface area contributed by atoms with Crippen molar-refractivity contribution in [3.63, 3.8) is 0 Å². The molecule has 0 amide bonds. The zero-order valence-corrected chi connectivity index (χ0v) is 11.5. The van der Waals surface area contributed by atoms with E-state index in [0.29, 0.717) is 6.61 Å². The van der Waals surface area contributed by atoms with Gasteiger partial charge in [0.05, 0.1) is 6.61 Å². The van der Waals surface area contributed by atoms with Crippen LogP contribution >= 0.6 is 15.9 Å². The minimum absolute atomic E-state index is 0.129. The molecule has 0 fully saturated rings. The molecular weight excluding hydrogens is 268 g/mol. The molecule has 3 heteroatoms. The summed E-state index contributed by atoms with van der Waals surface area (Å²) in [6.07, 6.45) is 0. The average Bonchev–Trinajstić information content (AvgIpc) is 2.19. The fourth-order valence-corrected chi connectivity index (χ4v) is 1.32. The molecule has 1 rings (SSSR count). The van der Waals surface area contributed by atoms with E-state index in [4.69, 9.17) is 4.74 Å². The van der Waals surface area contributed by atoms with Gasteiger partial charge in [0.1, 0.15) is 6.61 Å². The maximum Gasteiger partial charge on any atom is 0.163 e. The van der Waals surface area contributed by atoms with Crippen molar-refractivity contribution in [2.75, 3.05) is 6.61 Å². The molecule has 1 aromatic rings. The number of carbonyl (C=O) groups excluding carboxylic acids is 1. The van der Waals surface area contributed by atoms with E-state index < -0.39 is 0 Å². The van der Waals surface area contributed by atoms with Crippen LogP contribution < -0.4 is 0 Å². The van der Waals surface area contributed by atoms with Gasteiger partial charge in [-0.05, 0) is 17.7 Å². The molecular formula is C13H17BrO2. The van der Waals surface area contributed by atoms with Crippen molar-refractivity contribution in [2.24, 2.45) is 5.41 Å². The van der Waals surface area contributed by atoms with E-state index in [2.05, 4.69) is 15.9 Å². The fraction of sp³-hybridized carbons (Fsp3) is 0.462. The summed E-state index contributed by atoms with van der Waals surface area (Å²) < 4.78 is 6.43. The number of Topliss-reactive ketones (excluding diaryl/α,β-unsaturated/α-hetero) is 1. The summed E-state index contributed by atoms with van der Waals surface area (Å²) in [6, 6.07) is 7.88. The molecule has 2 nitrogen and oxygen atoms in total. The number of halogens is 1. The number of ketones is 1. The van der Waals surface area contributed by atoms with Gasteiger partial charge >= 0.3 is 0 Å². The van der Waals surface area contributed by atoms with E-state index >= 15 is 0 Å². The van der Waals surface area contributed by atoms with Crippen molar-refractivity contribution >= 4 is 21.7 Å². The molecule has 0 atom stereocenters. The Kier molecular flexibility index (Phi) is 4.69. The van der Waals surface area contributed by atoms with Crippen molar-refractivity contribution in [3.05, 3.63) is 34.3 Å². The van der Waals surface area contributed by atoms with E-state index in [9.17, 15) is 4.79 Å². The first-order chi connectivity index (χ1) is 7.39. The summed E-state index contributed by atoms with van der Waals surface area (Å²) in [5, 5.41) is 0. The zero-order chi connectivity index (χ0) is 12.2. The molecule has 0 aromatic heterocycles. The molecule has 0 spiro atoms. The average molecular weight is 285 g/mol. The Labute approximate surface area is 105 Å². The highest BCUT2D eigenvalue weighted by Crippen LogP contribution is 2.15. The Morgan fingerprint density at radius 3 is 2.31 bits per heavy atom. The van der Waals surface area contributed by atoms with Gasteiger partial charge in [-0.1, -0.05) is 48.8 Å². The molecule has 0 radical (unpaired) electrons. The smallest absolute Gasteiger partial charge is 0.163 e. The number of benzene rings is 1. The second-order valence-electron chi connectivity index (χ2n) is 4.79. The first-order valence-corrected chi connectivity index (χ1v) is 6.04. The van der Waals surface area contributed by atoms with Crippen LogP contribution in [0.5, 0.6) is 0 Å². The summed E-state index contributed by atoms with van der Waals surface area (Å²) in [6.45, 7) is 6.36. The van der Waals surface area contributed by atoms with Crippen LogP contribution in [0.15, 0.2) is 28.7 Å². The third kappa shape index (κ3) is 4.45. The van der Waals surface area contributed by atoms with Gasteiger partial charge in [-0.3, -0.25) is 4.79 Å². The first kappa shape index (κ1) is 13.4. The molecule has 0 unspecified atom stereocenters. The number of hydrogen-bond donors (Lipinski definition) is 0. The summed E-state index contributed by atoms with van der Waals surface area (Å²) in [5.74, 6) is 0.129. The molecule has 0 saturated heterocycles. The monoisotopic (exact) mass is 284 g/mol. The quantitative estimate of drug-likeness (QED) is 0.845. The lowest BCUT2D eigenvalue weighted by molar-refractivity contribution is -0.131. The predicted octanol–water partition coefficient (Wildman–Crippen LogP) is 3.58.